The first-order chi connectivity index (χ1) is 10.5. The fourth-order valence-electron chi connectivity index (χ4n) is 1.64. The van der Waals surface area contributed by atoms with Crippen molar-refractivity contribution in [2.75, 3.05) is 0 Å². The Labute approximate surface area is 136 Å². The minimum absolute atomic E-state index is 0.165. The molecule has 23 heavy (non-hydrogen) atoms. The van der Waals surface area contributed by atoms with Crippen LogP contribution in [0.1, 0.15) is 11.1 Å². The Morgan fingerprint density at radius 1 is 0.652 bits per heavy atom. The van der Waals surface area contributed by atoms with E-state index in [9.17, 15) is 26.3 Å². The molecule has 0 heterocycles. The highest BCUT2D eigenvalue weighted by Crippen LogP contribution is 2.39. The molecule has 0 saturated heterocycles. The average molecular weight is 375 g/mol. The Kier molecular flexibility index (Phi) is 4.73. The molecule has 0 fully saturated rings. The highest BCUT2D eigenvalue weighted by molar-refractivity contribution is 6.33. The van der Waals surface area contributed by atoms with Gasteiger partial charge in [0.2, 0.25) is 0 Å². The molecule has 0 radical (unpaired) electrons. The van der Waals surface area contributed by atoms with Gasteiger partial charge >= 0.3 is 12.4 Å². The Balaban J connectivity index is 2.30. The number of halogens is 8. The fourth-order valence-corrected chi connectivity index (χ4v) is 2.08. The summed E-state index contributed by atoms with van der Waals surface area (Å²) in [5.41, 5.74) is -1.96. The van der Waals surface area contributed by atoms with Crippen molar-refractivity contribution < 1.29 is 31.1 Å². The molecular weight excluding hydrogens is 369 g/mol. The Bertz CT molecular complexity index is 663. The van der Waals surface area contributed by atoms with Crippen LogP contribution < -0.4 is 4.74 Å². The molecular formula is C14H6Cl2F6O. The zero-order chi connectivity index (χ0) is 17.4. The monoisotopic (exact) mass is 374 g/mol. The predicted octanol–water partition coefficient (Wildman–Crippen LogP) is 6.82. The number of hydrogen-bond donors (Lipinski definition) is 0. The quantitative estimate of drug-likeness (QED) is 0.523. The molecule has 0 aliphatic heterocycles. The topological polar surface area (TPSA) is 9.23 Å². The van der Waals surface area contributed by atoms with Crippen molar-refractivity contribution in [1.82, 2.24) is 0 Å². The third-order valence-corrected chi connectivity index (χ3v) is 3.33. The minimum Gasteiger partial charge on any atom is -0.454 e. The van der Waals surface area contributed by atoms with E-state index in [0.717, 1.165) is 24.3 Å². The van der Waals surface area contributed by atoms with Gasteiger partial charge in [-0.15, -0.1) is 0 Å². The van der Waals surface area contributed by atoms with Crippen LogP contribution in [-0.2, 0) is 12.4 Å². The lowest BCUT2D eigenvalue weighted by molar-refractivity contribution is -0.138. The first-order valence-corrected chi connectivity index (χ1v) is 6.65. The third kappa shape index (κ3) is 4.23. The zero-order valence-corrected chi connectivity index (χ0v) is 12.4. The lowest BCUT2D eigenvalue weighted by atomic mass is 10.2. The van der Waals surface area contributed by atoms with Gasteiger partial charge in [0.1, 0.15) is 11.5 Å². The van der Waals surface area contributed by atoms with Crippen LogP contribution in [0, 0.1) is 0 Å². The van der Waals surface area contributed by atoms with Crippen molar-refractivity contribution >= 4 is 23.2 Å². The van der Waals surface area contributed by atoms with Crippen LogP contribution in [0.15, 0.2) is 36.4 Å². The molecule has 0 bridgehead atoms. The minimum atomic E-state index is -4.58. The normalized spacial score (nSPS) is 12.3. The van der Waals surface area contributed by atoms with Gasteiger partial charge in [0, 0.05) is 0 Å². The van der Waals surface area contributed by atoms with E-state index in [2.05, 4.69) is 0 Å². The Morgan fingerprint density at radius 2 is 1.00 bits per heavy atom. The molecule has 0 atom stereocenters. The second-order valence-electron chi connectivity index (χ2n) is 4.39. The summed E-state index contributed by atoms with van der Waals surface area (Å²) in [4.78, 5) is 0. The van der Waals surface area contributed by atoms with Crippen molar-refractivity contribution in [3.8, 4) is 11.5 Å². The molecule has 0 saturated carbocycles. The highest BCUT2D eigenvalue weighted by atomic mass is 35.5. The number of ether oxygens (including phenoxy) is 1. The summed E-state index contributed by atoms with van der Waals surface area (Å²) in [6, 6.07) is 4.68. The average Bonchev–Trinajstić information content (AvgIpc) is 2.40. The van der Waals surface area contributed by atoms with Crippen LogP contribution in [-0.4, -0.2) is 0 Å². The van der Waals surface area contributed by atoms with Gasteiger partial charge < -0.3 is 4.74 Å². The summed E-state index contributed by atoms with van der Waals surface area (Å²) in [6.45, 7) is 0. The molecule has 0 spiro atoms. The van der Waals surface area contributed by atoms with Crippen LogP contribution in [0.2, 0.25) is 10.0 Å². The van der Waals surface area contributed by atoms with Crippen LogP contribution in [0.4, 0.5) is 26.3 Å². The van der Waals surface area contributed by atoms with Crippen molar-refractivity contribution in [2.24, 2.45) is 0 Å². The summed E-state index contributed by atoms with van der Waals surface area (Å²) < 4.78 is 80.3. The number of benzene rings is 2. The van der Waals surface area contributed by atoms with Crippen LogP contribution in [0.5, 0.6) is 11.5 Å². The van der Waals surface area contributed by atoms with E-state index in [-0.39, 0.29) is 21.5 Å². The highest BCUT2D eigenvalue weighted by Gasteiger charge is 2.32. The van der Waals surface area contributed by atoms with Crippen molar-refractivity contribution in [3.05, 3.63) is 57.6 Å². The zero-order valence-electron chi connectivity index (χ0n) is 10.9. The van der Waals surface area contributed by atoms with Crippen molar-refractivity contribution in [1.29, 1.82) is 0 Å². The predicted molar refractivity (Wildman–Crippen MR) is 73.0 cm³/mol. The van der Waals surface area contributed by atoms with E-state index in [4.69, 9.17) is 27.9 Å². The summed E-state index contributed by atoms with van der Waals surface area (Å²) in [7, 11) is 0. The molecule has 0 aliphatic carbocycles. The lowest BCUT2D eigenvalue weighted by Crippen LogP contribution is -2.05. The fraction of sp³-hybridized carbons (Fsp3) is 0.143. The smallest absolute Gasteiger partial charge is 0.416 e. The molecule has 0 N–H and O–H groups in total. The van der Waals surface area contributed by atoms with Crippen molar-refractivity contribution in [3.63, 3.8) is 0 Å². The van der Waals surface area contributed by atoms with E-state index < -0.39 is 23.5 Å². The van der Waals surface area contributed by atoms with E-state index in [1.165, 1.54) is 0 Å². The molecule has 0 unspecified atom stereocenters. The molecule has 0 aliphatic rings. The van der Waals surface area contributed by atoms with Gasteiger partial charge in [-0.3, -0.25) is 0 Å². The molecule has 9 heteroatoms. The number of rotatable bonds is 2. The second-order valence-corrected chi connectivity index (χ2v) is 5.20. The van der Waals surface area contributed by atoms with Gasteiger partial charge in [-0.2, -0.15) is 26.3 Å². The standard InChI is InChI=1S/C14H6Cl2F6O/c15-9-5-7(13(17,18)19)1-3-11(9)23-12-4-2-8(6-10(12)16)14(20,21)22/h1-6H. The second kappa shape index (κ2) is 6.13. The van der Waals surface area contributed by atoms with Gasteiger partial charge in [-0.25, -0.2) is 0 Å². The molecule has 0 amide bonds. The maximum atomic E-state index is 12.5. The van der Waals surface area contributed by atoms with E-state index in [1.54, 1.807) is 0 Å². The van der Waals surface area contributed by atoms with Gasteiger partial charge in [-0.05, 0) is 36.4 Å². The van der Waals surface area contributed by atoms with Crippen LogP contribution >= 0.6 is 23.2 Å². The van der Waals surface area contributed by atoms with E-state index in [0.29, 0.717) is 12.1 Å². The van der Waals surface area contributed by atoms with Crippen LogP contribution in [0.25, 0.3) is 0 Å². The lowest BCUT2D eigenvalue weighted by Gasteiger charge is -2.13. The van der Waals surface area contributed by atoms with Crippen LogP contribution in [0.3, 0.4) is 0 Å². The van der Waals surface area contributed by atoms with E-state index >= 15 is 0 Å². The van der Waals surface area contributed by atoms with Crippen molar-refractivity contribution in [2.45, 2.75) is 12.4 Å². The number of hydrogen-bond acceptors (Lipinski definition) is 1. The first kappa shape index (κ1) is 17.7. The molecule has 2 aromatic rings. The van der Waals surface area contributed by atoms with Gasteiger partial charge in [0.05, 0.1) is 21.2 Å². The maximum absolute atomic E-state index is 12.5. The van der Waals surface area contributed by atoms with Gasteiger partial charge in [0.25, 0.3) is 0 Å². The van der Waals surface area contributed by atoms with Gasteiger partial charge in [-0.1, -0.05) is 23.2 Å². The Morgan fingerprint density at radius 3 is 1.26 bits per heavy atom. The SMILES string of the molecule is FC(F)(F)c1ccc(Oc2ccc(C(F)(F)F)cc2Cl)c(Cl)c1. The summed E-state index contributed by atoms with van der Waals surface area (Å²) in [5, 5.41) is -0.702. The molecule has 0 aromatic heterocycles. The summed E-state index contributed by atoms with van der Waals surface area (Å²) >= 11 is 11.4. The number of alkyl halides is 6. The van der Waals surface area contributed by atoms with Gasteiger partial charge in [0.15, 0.2) is 0 Å². The first-order valence-electron chi connectivity index (χ1n) is 5.90. The molecule has 124 valence electrons. The molecule has 2 rings (SSSR count). The largest absolute Gasteiger partial charge is 0.454 e. The molecule has 1 nitrogen and oxygen atoms in total. The Hall–Kier alpha value is -1.60. The van der Waals surface area contributed by atoms with E-state index in [1.807, 2.05) is 0 Å². The maximum Gasteiger partial charge on any atom is 0.416 e. The summed E-state index contributed by atoms with van der Waals surface area (Å²) in [6.07, 6.45) is -9.15. The third-order valence-electron chi connectivity index (χ3n) is 2.74. The summed E-state index contributed by atoms with van der Waals surface area (Å²) in [5.74, 6) is -0.331. The molecule has 2 aromatic carbocycles.